The molecule has 0 spiro atoms. The molecular weight excluding hydrogens is 308 g/mol. The molecular formula is C17H20N4OS. The van der Waals surface area contributed by atoms with Crippen molar-refractivity contribution >= 4 is 29.2 Å². The maximum Gasteiger partial charge on any atom is 0.191 e. The zero-order chi connectivity index (χ0) is 16.3. The van der Waals surface area contributed by atoms with Crippen molar-refractivity contribution in [3.05, 3.63) is 54.4 Å². The van der Waals surface area contributed by atoms with E-state index in [9.17, 15) is 0 Å². The molecule has 1 heterocycles. The van der Waals surface area contributed by atoms with Crippen LogP contribution in [0.15, 0.2) is 53.9 Å². The number of pyridine rings is 1. The number of hydrazone groups is 1. The van der Waals surface area contributed by atoms with Crippen molar-refractivity contribution in [3.8, 4) is 5.75 Å². The summed E-state index contributed by atoms with van der Waals surface area (Å²) in [4.78, 5) is 4.00. The molecule has 1 aromatic carbocycles. The van der Waals surface area contributed by atoms with Crippen molar-refractivity contribution in [1.82, 2.24) is 10.4 Å². The van der Waals surface area contributed by atoms with Crippen molar-refractivity contribution in [3.63, 3.8) is 0 Å². The molecule has 0 atom stereocenters. The molecule has 1 aromatic heterocycles. The lowest BCUT2D eigenvalue weighted by Gasteiger charge is -2.06. The SMILES string of the molecule is CCCCOc1ccc(/C=N/NC(=S)Nc2cccnc2)cc1. The van der Waals surface area contributed by atoms with Crippen LogP contribution in [0.1, 0.15) is 25.3 Å². The third kappa shape index (κ3) is 6.44. The number of thiocarbonyl (C=S) groups is 1. The fourth-order valence-corrected chi connectivity index (χ4v) is 1.92. The van der Waals surface area contributed by atoms with Crippen LogP contribution in [-0.4, -0.2) is 22.9 Å². The minimum atomic E-state index is 0.411. The van der Waals surface area contributed by atoms with Gasteiger partial charge in [-0.1, -0.05) is 13.3 Å². The van der Waals surface area contributed by atoms with Crippen LogP contribution < -0.4 is 15.5 Å². The van der Waals surface area contributed by atoms with Crippen molar-refractivity contribution in [2.75, 3.05) is 11.9 Å². The number of hydrogen-bond donors (Lipinski definition) is 2. The van der Waals surface area contributed by atoms with Crippen LogP contribution in [0.5, 0.6) is 5.75 Å². The summed E-state index contributed by atoms with van der Waals surface area (Å²) < 4.78 is 5.61. The van der Waals surface area contributed by atoms with E-state index in [2.05, 4.69) is 27.8 Å². The minimum absolute atomic E-state index is 0.411. The van der Waals surface area contributed by atoms with E-state index in [-0.39, 0.29) is 0 Å². The zero-order valence-corrected chi connectivity index (χ0v) is 13.8. The Labute approximate surface area is 141 Å². The molecule has 5 nitrogen and oxygen atoms in total. The summed E-state index contributed by atoms with van der Waals surface area (Å²) in [6, 6.07) is 11.5. The number of aromatic nitrogens is 1. The van der Waals surface area contributed by atoms with Crippen LogP contribution in [0.25, 0.3) is 0 Å². The second-order valence-corrected chi connectivity index (χ2v) is 5.25. The maximum absolute atomic E-state index is 5.61. The summed E-state index contributed by atoms with van der Waals surface area (Å²) in [7, 11) is 0. The summed E-state index contributed by atoms with van der Waals surface area (Å²) in [6.07, 6.45) is 7.29. The van der Waals surface area contributed by atoms with Crippen molar-refractivity contribution in [1.29, 1.82) is 0 Å². The lowest BCUT2D eigenvalue weighted by molar-refractivity contribution is 0.309. The Morgan fingerprint density at radius 2 is 2.13 bits per heavy atom. The first kappa shape index (κ1) is 16.9. The maximum atomic E-state index is 5.61. The number of unbranched alkanes of at least 4 members (excludes halogenated alkanes) is 1. The van der Waals surface area contributed by atoms with E-state index in [1.165, 1.54) is 0 Å². The Balaban J connectivity index is 1.77. The Morgan fingerprint density at radius 1 is 1.30 bits per heavy atom. The number of hydrogen-bond acceptors (Lipinski definition) is 4. The standard InChI is InChI=1S/C17H20N4OS/c1-2-3-11-22-16-8-6-14(7-9-16)12-19-21-17(23)20-15-5-4-10-18-13-15/h4-10,12-13H,2-3,11H2,1H3,(H2,20,21,23)/b19-12+. The second-order valence-electron chi connectivity index (χ2n) is 4.84. The van der Waals surface area contributed by atoms with E-state index >= 15 is 0 Å². The highest BCUT2D eigenvalue weighted by molar-refractivity contribution is 7.80. The minimum Gasteiger partial charge on any atom is -0.494 e. The molecule has 0 amide bonds. The first-order valence-electron chi connectivity index (χ1n) is 7.51. The van der Waals surface area contributed by atoms with Crippen LogP contribution in [0.4, 0.5) is 5.69 Å². The third-order valence-corrected chi connectivity index (χ3v) is 3.14. The van der Waals surface area contributed by atoms with Gasteiger partial charge in [0.2, 0.25) is 0 Å². The molecule has 2 rings (SSSR count). The van der Waals surface area contributed by atoms with Gasteiger partial charge in [-0.3, -0.25) is 10.4 Å². The normalized spacial score (nSPS) is 10.5. The van der Waals surface area contributed by atoms with Gasteiger partial charge >= 0.3 is 0 Å². The molecule has 0 fully saturated rings. The fraction of sp³-hybridized carbons (Fsp3) is 0.235. The lowest BCUT2D eigenvalue weighted by atomic mass is 10.2. The zero-order valence-electron chi connectivity index (χ0n) is 13.0. The van der Waals surface area contributed by atoms with Gasteiger partial charge in [0.1, 0.15) is 5.75 Å². The van der Waals surface area contributed by atoms with E-state index in [4.69, 9.17) is 17.0 Å². The van der Waals surface area contributed by atoms with E-state index in [1.807, 2.05) is 36.4 Å². The van der Waals surface area contributed by atoms with E-state index in [0.717, 1.165) is 36.4 Å². The molecule has 23 heavy (non-hydrogen) atoms. The molecule has 0 unspecified atom stereocenters. The summed E-state index contributed by atoms with van der Waals surface area (Å²) in [6.45, 7) is 2.89. The van der Waals surface area contributed by atoms with E-state index in [1.54, 1.807) is 18.6 Å². The molecule has 2 N–H and O–H groups in total. The molecule has 0 aliphatic carbocycles. The predicted molar refractivity (Wildman–Crippen MR) is 98.0 cm³/mol. The van der Waals surface area contributed by atoms with Gasteiger partial charge in [-0.05, 0) is 60.6 Å². The molecule has 6 heteroatoms. The van der Waals surface area contributed by atoms with E-state index < -0.39 is 0 Å². The number of benzene rings is 1. The number of anilines is 1. The second kappa shape index (κ2) is 9.53. The summed E-state index contributed by atoms with van der Waals surface area (Å²) >= 11 is 5.15. The molecule has 120 valence electrons. The first-order chi connectivity index (χ1) is 11.3. The van der Waals surface area contributed by atoms with E-state index in [0.29, 0.717) is 5.11 Å². The summed E-state index contributed by atoms with van der Waals surface area (Å²) in [5.41, 5.74) is 4.54. The average Bonchev–Trinajstić information content (AvgIpc) is 2.57. The van der Waals surface area contributed by atoms with Crippen LogP contribution in [-0.2, 0) is 0 Å². The van der Waals surface area contributed by atoms with Gasteiger partial charge in [0.05, 0.1) is 24.7 Å². The van der Waals surface area contributed by atoms with Crippen LogP contribution >= 0.6 is 12.2 Å². The largest absolute Gasteiger partial charge is 0.494 e. The Bertz CT molecular complexity index is 629. The number of ether oxygens (including phenoxy) is 1. The van der Waals surface area contributed by atoms with Gasteiger partial charge in [0, 0.05) is 6.20 Å². The number of rotatable bonds is 7. The third-order valence-electron chi connectivity index (χ3n) is 2.95. The molecule has 0 bridgehead atoms. The molecule has 0 saturated carbocycles. The Morgan fingerprint density at radius 3 is 2.83 bits per heavy atom. The van der Waals surface area contributed by atoms with Gasteiger partial charge in [-0.25, -0.2) is 0 Å². The van der Waals surface area contributed by atoms with Gasteiger partial charge in [0.25, 0.3) is 0 Å². The molecule has 0 aliphatic heterocycles. The number of nitrogens with zero attached hydrogens (tertiary/aromatic N) is 2. The number of nitrogens with one attached hydrogen (secondary N) is 2. The molecule has 0 aliphatic rings. The van der Waals surface area contributed by atoms with Crippen molar-refractivity contribution < 1.29 is 4.74 Å². The van der Waals surface area contributed by atoms with Gasteiger partial charge in [0.15, 0.2) is 5.11 Å². The molecule has 0 saturated heterocycles. The fourth-order valence-electron chi connectivity index (χ4n) is 1.75. The predicted octanol–water partition coefficient (Wildman–Crippen LogP) is 3.58. The van der Waals surface area contributed by atoms with Crippen LogP contribution in [0.2, 0.25) is 0 Å². The summed E-state index contributed by atoms with van der Waals surface area (Å²) in [5, 5.41) is 7.50. The monoisotopic (exact) mass is 328 g/mol. The van der Waals surface area contributed by atoms with Crippen molar-refractivity contribution in [2.24, 2.45) is 5.10 Å². The van der Waals surface area contributed by atoms with Gasteiger partial charge in [-0.2, -0.15) is 5.10 Å². The summed E-state index contributed by atoms with van der Waals surface area (Å²) in [5.74, 6) is 0.873. The Hall–Kier alpha value is -2.47. The molecule has 0 radical (unpaired) electrons. The van der Waals surface area contributed by atoms with Crippen molar-refractivity contribution in [2.45, 2.75) is 19.8 Å². The van der Waals surface area contributed by atoms with Gasteiger partial charge < -0.3 is 10.1 Å². The first-order valence-corrected chi connectivity index (χ1v) is 7.91. The molecule has 2 aromatic rings. The van der Waals surface area contributed by atoms with Crippen LogP contribution in [0, 0.1) is 0 Å². The quantitative estimate of drug-likeness (QED) is 0.352. The Kier molecular flexibility index (Phi) is 7.00. The topological polar surface area (TPSA) is 58.5 Å². The van der Waals surface area contributed by atoms with Gasteiger partial charge in [-0.15, -0.1) is 0 Å². The van der Waals surface area contributed by atoms with Crippen LogP contribution in [0.3, 0.4) is 0 Å². The highest BCUT2D eigenvalue weighted by Gasteiger charge is 1.96. The smallest absolute Gasteiger partial charge is 0.191 e. The highest BCUT2D eigenvalue weighted by Crippen LogP contribution is 2.11. The lowest BCUT2D eigenvalue weighted by Crippen LogP contribution is -2.23. The highest BCUT2D eigenvalue weighted by atomic mass is 32.1. The average molecular weight is 328 g/mol.